The van der Waals surface area contributed by atoms with Crippen LogP contribution in [0.25, 0.3) is 0 Å². The van der Waals surface area contributed by atoms with Crippen molar-refractivity contribution >= 4 is 11.8 Å². The third-order valence-electron chi connectivity index (χ3n) is 4.31. The highest BCUT2D eigenvalue weighted by Crippen LogP contribution is 2.33. The Kier molecular flexibility index (Phi) is 6.23. The quantitative estimate of drug-likeness (QED) is 0.448. The lowest BCUT2D eigenvalue weighted by Gasteiger charge is -2.14. The molecule has 150 valence electrons. The van der Waals surface area contributed by atoms with Crippen molar-refractivity contribution in [3.05, 3.63) is 46.9 Å². The summed E-state index contributed by atoms with van der Waals surface area (Å²) >= 11 is 1.41. The number of rotatable bonds is 8. The van der Waals surface area contributed by atoms with Gasteiger partial charge in [-0.25, -0.2) is 4.68 Å². The number of benzene rings is 1. The van der Waals surface area contributed by atoms with Crippen molar-refractivity contribution in [3.63, 3.8) is 0 Å². The Morgan fingerprint density at radius 3 is 2.71 bits per heavy atom. The van der Waals surface area contributed by atoms with Crippen molar-refractivity contribution in [1.29, 1.82) is 0 Å². The zero-order chi connectivity index (χ0) is 20.3. The number of aromatic nitrogens is 5. The molecule has 0 saturated heterocycles. The summed E-state index contributed by atoms with van der Waals surface area (Å²) < 4.78 is 12.7. The number of hydrogen-bond donors (Lipinski definition) is 1. The Balaban J connectivity index is 1.69. The third kappa shape index (κ3) is 4.46. The van der Waals surface area contributed by atoms with Crippen LogP contribution in [0.3, 0.4) is 0 Å². The highest BCUT2D eigenvalue weighted by atomic mass is 32.2. The molecule has 0 radical (unpaired) electrons. The molecule has 3 rings (SSSR count). The molecule has 0 saturated carbocycles. The zero-order valence-electron chi connectivity index (χ0n) is 16.8. The first kappa shape index (κ1) is 20.2. The molecule has 2 N–H and O–H groups in total. The minimum atomic E-state index is -0.0858. The van der Waals surface area contributed by atoms with E-state index >= 15 is 0 Å². The van der Waals surface area contributed by atoms with Crippen LogP contribution >= 0.6 is 11.8 Å². The maximum absolute atomic E-state index is 6.18. The summed E-state index contributed by atoms with van der Waals surface area (Å²) in [6.07, 6.45) is 0.729. The molecule has 28 heavy (non-hydrogen) atoms. The standard InChI is InChI=1S/C19H26N6O2S/c1-6-16-21-18(27-24-16)13(5)28-19-23-22-17(25(19)20)10-26-15-9-12(4)7-8-14(15)11(2)3/h7-9,11,13H,6,10,20H2,1-5H3. The van der Waals surface area contributed by atoms with E-state index in [9.17, 15) is 0 Å². The van der Waals surface area contributed by atoms with Crippen LogP contribution in [0.1, 0.15) is 67.5 Å². The van der Waals surface area contributed by atoms with Crippen LogP contribution in [-0.2, 0) is 13.0 Å². The van der Waals surface area contributed by atoms with Gasteiger partial charge in [0.15, 0.2) is 11.6 Å². The van der Waals surface area contributed by atoms with E-state index in [0.717, 1.165) is 23.3 Å². The van der Waals surface area contributed by atoms with Crippen molar-refractivity contribution in [2.45, 2.75) is 64.0 Å². The van der Waals surface area contributed by atoms with Gasteiger partial charge in [-0.2, -0.15) is 4.98 Å². The number of ether oxygens (including phenoxy) is 1. The van der Waals surface area contributed by atoms with E-state index in [0.29, 0.717) is 28.6 Å². The number of thioether (sulfide) groups is 1. The van der Waals surface area contributed by atoms with Gasteiger partial charge in [0, 0.05) is 6.42 Å². The van der Waals surface area contributed by atoms with Crippen LogP contribution in [-0.4, -0.2) is 25.0 Å². The molecule has 1 atom stereocenters. The minimum absolute atomic E-state index is 0.0858. The van der Waals surface area contributed by atoms with Gasteiger partial charge in [-0.3, -0.25) is 0 Å². The lowest BCUT2D eigenvalue weighted by molar-refractivity contribution is 0.287. The van der Waals surface area contributed by atoms with E-state index in [1.807, 2.05) is 26.8 Å². The normalized spacial score (nSPS) is 12.5. The molecule has 0 bridgehead atoms. The third-order valence-corrected chi connectivity index (χ3v) is 5.36. The summed E-state index contributed by atoms with van der Waals surface area (Å²) in [4.78, 5) is 4.35. The van der Waals surface area contributed by atoms with Gasteiger partial charge in [-0.05, 0) is 37.0 Å². The molecule has 8 nitrogen and oxygen atoms in total. The molecular formula is C19H26N6O2S. The molecule has 0 amide bonds. The van der Waals surface area contributed by atoms with Gasteiger partial charge in [0.25, 0.3) is 0 Å². The SMILES string of the molecule is CCc1noc(C(C)Sc2nnc(COc3cc(C)ccc3C(C)C)n2N)n1. The average molecular weight is 403 g/mol. The molecule has 2 heterocycles. The number of hydrogen-bond acceptors (Lipinski definition) is 8. The molecule has 9 heteroatoms. The van der Waals surface area contributed by atoms with Crippen LogP contribution in [0.5, 0.6) is 5.75 Å². The summed E-state index contributed by atoms with van der Waals surface area (Å²) in [7, 11) is 0. The van der Waals surface area contributed by atoms with E-state index in [1.165, 1.54) is 16.4 Å². The first-order chi connectivity index (χ1) is 13.4. The zero-order valence-corrected chi connectivity index (χ0v) is 17.7. The number of aryl methyl sites for hydroxylation is 2. The molecule has 1 aromatic carbocycles. The largest absolute Gasteiger partial charge is 0.485 e. The van der Waals surface area contributed by atoms with Crippen LogP contribution in [0.15, 0.2) is 27.9 Å². The van der Waals surface area contributed by atoms with Gasteiger partial charge in [-0.1, -0.05) is 49.8 Å². The number of nitrogen functional groups attached to an aromatic ring is 1. The molecule has 2 aromatic heterocycles. The molecule has 0 aliphatic heterocycles. The van der Waals surface area contributed by atoms with Crippen LogP contribution < -0.4 is 10.6 Å². The van der Waals surface area contributed by atoms with E-state index in [4.69, 9.17) is 15.1 Å². The smallest absolute Gasteiger partial charge is 0.239 e. The molecule has 0 aliphatic rings. The van der Waals surface area contributed by atoms with E-state index in [1.54, 1.807) is 0 Å². The van der Waals surface area contributed by atoms with Crippen molar-refractivity contribution in [1.82, 2.24) is 25.0 Å². The Labute approximate surface area is 168 Å². The average Bonchev–Trinajstić information content (AvgIpc) is 3.27. The maximum Gasteiger partial charge on any atom is 0.239 e. The Morgan fingerprint density at radius 1 is 1.25 bits per heavy atom. The van der Waals surface area contributed by atoms with E-state index in [2.05, 4.69) is 46.3 Å². The summed E-state index contributed by atoms with van der Waals surface area (Å²) in [5.41, 5.74) is 2.30. The second kappa shape index (κ2) is 8.64. The predicted molar refractivity (Wildman–Crippen MR) is 108 cm³/mol. The predicted octanol–water partition coefficient (Wildman–Crippen LogP) is 3.80. The van der Waals surface area contributed by atoms with Gasteiger partial charge in [0.05, 0.1) is 5.25 Å². The maximum atomic E-state index is 6.18. The van der Waals surface area contributed by atoms with E-state index < -0.39 is 0 Å². The summed E-state index contributed by atoms with van der Waals surface area (Å²) in [6, 6.07) is 6.22. The molecule has 1 unspecified atom stereocenters. The Morgan fingerprint density at radius 2 is 2.04 bits per heavy atom. The van der Waals surface area contributed by atoms with Crippen molar-refractivity contribution < 1.29 is 9.26 Å². The number of nitrogens with zero attached hydrogens (tertiary/aromatic N) is 5. The molecule has 0 spiro atoms. The van der Waals surface area contributed by atoms with Gasteiger partial charge in [0.1, 0.15) is 12.4 Å². The molecule has 0 aliphatic carbocycles. The van der Waals surface area contributed by atoms with Gasteiger partial charge in [0.2, 0.25) is 11.0 Å². The summed E-state index contributed by atoms with van der Waals surface area (Å²) in [6.45, 7) is 10.5. The second-order valence-electron chi connectivity index (χ2n) is 6.92. The van der Waals surface area contributed by atoms with Crippen LogP contribution in [0, 0.1) is 6.92 Å². The monoisotopic (exact) mass is 402 g/mol. The second-order valence-corrected chi connectivity index (χ2v) is 8.22. The highest BCUT2D eigenvalue weighted by molar-refractivity contribution is 7.99. The molecular weight excluding hydrogens is 376 g/mol. The van der Waals surface area contributed by atoms with Crippen LogP contribution in [0.2, 0.25) is 0 Å². The summed E-state index contributed by atoms with van der Waals surface area (Å²) in [5, 5.41) is 12.8. The van der Waals surface area contributed by atoms with Crippen molar-refractivity contribution in [2.24, 2.45) is 0 Å². The van der Waals surface area contributed by atoms with E-state index in [-0.39, 0.29) is 11.9 Å². The van der Waals surface area contributed by atoms with Gasteiger partial charge in [-0.15, -0.1) is 10.2 Å². The first-order valence-corrected chi connectivity index (χ1v) is 10.2. The van der Waals surface area contributed by atoms with Gasteiger partial charge < -0.3 is 15.1 Å². The van der Waals surface area contributed by atoms with Crippen molar-refractivity contribution in [2.75, 3.05) is 5.84 Å². The van der Waals surface area contributed by atoms with Crippen LogP contribution in [0.4, 0.5) is 0 Å². The lowest BCUT2D eigenvalue weighted by atomic mass is 10.0. The highest BCUT2D eigenvalue weighted by Gasteiger charge is 2.20. The molecule has 3 aromatic rings. The fourth-order valence-electron chi connectivity index (χ4n) is 2.66. The number of nitrogens with two attached hydrogens (primary N) is 1. The first-order valence-electron chi connectivity index (χ1n) is 9.30. The summed E-state index contributed by atoms with van der Waals surface area (Å²) in [5.74, 6) is 9.16. The van der Waals surface area contributed by atoms with Crippen molar-refractivity contribution in [3.8, 4) is 5.75 Å². The van der Waals surface area contributed by atoms with Gasteiger partial charge >= 0.3 is 0 Å². The Hall–Kier alpha value is -2.55. The fraction of sp³-hybridized carbons (Fsp3) is 0.474. The molecule has 0 fully saturated rings. The minimum Gasteiger partial charge on any atom is -0.485 e. The Bertz CT molecular complexity index is 936. The fourth-order valence-corrected chi connectivity index (χ4v) is 3.48. The lowest BCUT2D eigenvalue weighted by Crippen LogP contribution is -2.16. The topological polar surface area (TPSA) is 105 Å².